The van der Waals surface area contributed by atoms with Crippen LogP contribution in [-0.2, 0) is 14.8 Å². The molecule has 0 saturated carbocycles. The molecule has 0 aromatic heterocycles. The number of rotatable bonds is 4. The van der Waals surface area contributed by atoms with Crippen LogP contribution in [0, 0.1) is 5.41 Å². The summed E-state index contributed by atoms with van der Waals surface area (Å²) in [6.07, 6.45) is 0. The summed E-state index contributed by atoms with van der Waals surface area (Å²) in [4.78, 5) is 14.5. The fourth-order valence-corrected chi connectivity index (χ4v) is 4.03. The first-order chi connectivity index (χ1) is 12.6. The Kier molecular flexibility index (Phi) is 5.10. The van der Waals surface area contributed by atoms with Crippen molar-refractivity contribution in [3.63, 3.8) is 0 Å². The molecule has 0 fully saturated rings. The second-order valence-electron chi connectivity index (χ2n) is 6.96. The predicted octanol–water partition coefficient (Wildman–Crippen LogP) is 3.91. The van der Waals surface area contributed by atoms with Gasteiger partial charge in [0.25, 0.3) is 10.0 Å². The van der Waals surface area contributed by atoms with Gasteiger partial charge in [-0.15, -0.1) is 0 Å². The lowest BCUT2D eigenvalue weighted by molar-refractivity contribution is -0.127. The van der Waals surface area contributed by atoms with Gasteiger partial charge in [-0.3, -0.25) is 9.52 Å². The maximum atomic E-state index is 12.7. The highest BCUT2D eigenvalue weighted by Gasteiger charge is 2.37. The number of amides is 1. The minimum Gasteiger partial charge on any atom is -0.490 e. The van der Waals surface area contributed by atoms with Gasteiger partial charge in [0.1, 0.15) is 12.4 Å². The molecular weight excluding hydrogens is 388 g/mol. The van der Waals surface area contributed by atoms with Crippen molar-refractivity contribution in [3.05, 3.63) is 47.5 Å². The Labute approximate surface area is 164 Å². The summed E-state index contributed by atoms with van der Waals surface area (Å²) in [6.45, 7) is 6.25. The van der Waals surface area contributed by atoms with Crippen molar-refractivity contribution in [1.82, 2.24) is 0 Å². The van der Waals surface area contributed by atoms with Crippen LogP contribution in [0.5, 0.6) is 5.75 Å². The maximum absolute atomic E-state index is 12.7. The van der Waals surface area contributed by atoms with Crippen molar-refractivity contribution in [2.45, 2.75) is 25.7 Å². The molecule has 0 spiro atoms. The summed E-state index contributed by atoms with van der Waals surface area (Å²) in [7, 11) is -3.76. The lowest BCUT2D eigenvalue weighted by Crippen LogP contribution is -2.42. The standard InChI is InChI=1S/C19H21ClN2O4S/c1-4-22-16-10-7-14(11-17(16)26-12-19(2,3)18(22)23)21-27(24,25)15-8-5-13(20)6-9-15/h5-11,21H,4,12H2,1-3H3. The van der Waals surface area contributed by atoms with E-state index in [1.165, 1.54) is 24.3 Å². The zero-order chi connectivity index (χ0) is 19.8. The van der Waals surface area contributed by atoms with Crippen LogP contribution >= 0.6 is 11.6 Å². The molecule has 27 heavy (non-hydrogen) atoms. The van der Waals surface area contributed by atoms with Crippen LogP contribution in [-0.4, -0.2) is 27.5 Å². The van der Waals surface area contributed by atoms with Gasteiger partial charge in [-0.25, -0.2) is 8.42 Å². The Morgan fingerprint density at radius 1 is 1.19 bits per heavy atom. The van der Waals surface area contributed by atoms with E-state index >= 15 is 0 Å². The van der Waals surface area contributed by atoms with E-state index in [-0.39, 0.29) is 17.4 Å². The third kappa shape index (κ3) is 3.89. The number of carbonyl (C=O) groups excluding carboxylic acids is 1. The quantitative estimate of drug-likeness (QED) is 0.832. The van der Waals surface area contributed by atoms with E-state index in [2.05, 4.69) is 4.72 Å². The lowest BCUT2D eigenvalue weighted by Gasteiger charge is -2.26. The molecule has 0 unspecified atom stereocenters. The van der Waals surface area contributed by atoms with Crippen LogP contribution in [0.4, 0.5) is 11.4 Å². The SMILES string of the molecule is CCN1C(=O)C(C)(C)COc2cc(NS(=O)(=O)c3ccc(Cl)cc3)ccc21. The van der Waals surface area contributed by atoms with Crippen LogP contribution in [0.15, 0.2) is 47.4 Å². The van der Waals surface area contributed by atoms with Crippen molar-refractivity contribution in [1.29, 1.82) is 0 Å². The molecule has 3 rings (SSSR count). The van der Waals surface area contributed by atoms with Crippen LogP contribution in [0.25, 0.3) is 0 Å². The number of fused-ring (bicyclic) bond motifs is 1. The summed E-state index contributed by atoms with van der Waals surface area (Å²) >= 11 is 5.82. The lowest BCUT2D eigenvalue weighted by atomic mass is 9.93. The van der Waals surface area contributed by atoms with E-state index in [9.17, 15) is 13.2 Å². The summed E-state index contributed by atoms with van der Waals surface area (Å²) in [5.74, 6) is 0.435. The van der Waals surface area contributed by atoms with Gasteiger partial charge >= 0.3 is 0 Å². The van der Waals surface area contributed by atoms with Crippen molar-refractivity contribution in [2.75, 3.05) is 22.8 Å². The van der Waals surface area contributed by atoms with Crippen LogP contribution in [0.2, 0.25) is 5.02 Å². The van der Waals surface area contributed by atoms with Crippen molar-refractivity contribution < 1.29 is 17.9 Å². The number of carbonyl (C=O) groups is 1. The van der Waals surface area contributed by atoms with Gasteiger partial charge in [-0.2, -0.15) is 0 Å². The molecule has 1 aliphatic rings. The Bertz CT molecular complexity index is 972. The Hall–Kier alpha value is -2.25. The highest BCUT2D eigenvalue weighted by atomic mass is 35.5. The first-order valence-corrected chi connectivity index (χ1v) is 10.4. The fraction of sp³-hybridized carbons (Fsp3) is 0.316. The summed E-state index contributed by atoms with van der Waals surface area (Å²) in [6, 6.07) is 10.8. The van der Waals surface area contributed by atoms with Gasteiger partial charge in [0.05, 0.1) is 21.7 Å². The molecule has 8 heteroatoms. The molecule has 2 aromatic rings. The number of anilines is 2. The monoisotopic (exact) mass is 408 g/mol. The second-order valence-corrected chi connectivity index (χ2v) is 9.08. The maximum Gasteiger partial charge on any atom is 0.261 e. The van der Waals surface area contributed by atoms with Crippen LogP contribution in [0.1, 0.15) is 20.8 Å². The van der Waals surface area contributed by atoms with Crippen molar-refractivity contribution >= 4 is 38.9 Å². The van der Waals surface area contributed by atoms with Gasteiger partial charge in [0.15, 0.2) is 0 Å². The van der Waals surface area contributed by atoms with Crippen LogP contribution in [0.3, 0.4) is 0 Å². The first-order valence-electron chi connectivity index (χ1n) is 8.51. The predicted molar refractivity (Wildman–Crippen MR) is 106 cm³/mol. The Balaban J connectivity index is 1.94. The molecule has 0 bridgehead atoms. The molecule has 0 saturated heterocycles. The van der Waals surface area contributed by atoms with Crippen LogP contribution < -0.4 is 14.4 Å². The Morgan fingerprint density at radius 2 is 1.85 bits per heavy atom. The molecule has 0 atom stereocenters. The summed E-state index contributed by atoms with van der Waals surface area (Å²) in [5, 5.41) is 0.458. The van der Waals surface area contributed by atoms with Gasteiger partial charge in [-0.05, 0) is 57.2 Å². The van der Waals surface area contributed by atoms with Gasteiger partial charge in [0, 0.05) is 17.6 Å². The molecular formula is C19H21ClN2O4S. The highest BCUT2D eigenvalue weighted by Crippen LogP contribution is 2.38. The number of halogens is 1. The highest BCUT2D eigenvalue weighted by molar-refractivity contribution is 7.92. The van der Waals surface area contributed by atoms with E-state index in [1.807, 2.05) is 20.8 Å². The molecule has 1 aliphatic heterocycles. The van der Waals surface area contributed by atoms with Crippen molar-refractivity contribution in [3.8, 4) is 5.75 Å². The largest absolute Gasteiger partial charge is 0.490 e. The zero-order valence-electron chi connectivity index (χ0n) is 15.3. The summed E-state index contributed by atoms with van der Waals surface area (Å²) in [5.41, 5.74) is 0.312. The summed E-state index contributed by atoms with van der Waals surface area (Å²) < 4.78 is 33.5. The second kappa shape index (κ2) is 7.05. The molecule has 144 valence electrons. The van der Waals surface area contributed by atoms with E-state index in [1.54, 1.807) is 23.1 Å². The minimum atomic E-state index is -3.76. The van der Waals surface area contributed by atoms with Gasteiger partial charge in [0.2, 0.25) is 5.91 Å². The Morgan fingerprint density at radius 3 is 2.48 bits per heavy atom. The van der Waals surface area contributed by atoms with Gasteiger partial charge < -0.3 is 9.64 Å². The third-order valence-electron chi connectivity index (χ3n) is 4.36. The average molecular weight is 409 g/mol. The number of hydrogen-bond donors (Lipinski definition) is 1. The average Bonchev–Trinajstić information content (AvgIpc) is 2.70. The number of sulfonamides is 1. The third-order valence-corrected chi connectivity index (χ3v) is 6.00. The molecule has 6 nitrogen and oxygen atoms in total. The fourth-order valence-electron chi connectivity index (χ4n) is 2.85. The molecule has 1 heterocycles. The normalized spacial score (nSPS) is 16.3. The van der Waals surface area contributed by atoms with E-state index in [0.717, 1.165) is 0 Å². The number of hydrogen-bond acceptors (Lipinski definition) is 4. The zero-order valence-corrected chi connectivity index (χ0v) is 16.9. The number of nitrogens with one attached hydrogen (secondary N) is 1. The first kappa shape index (κ1) is 19.5. The minimum absolute atomic E-state index is 0.0294. The molecule has 1 amide bonds. The smallest absolute Gasteiger partial charge is 0.261 e. The van der Waals surface area contributed by atoms with Gasteiger partial charge in [-0.1, -0.05) is 11.6 Å². The molecule has 1 N–H and O–H groups in total. The molecule has 2 aromatic carbocycles. The molecule has 0 aliphatic carbocycles. The topological polar surface area (TPSA) is 75.7 Å². The van der Waals surface area contributed by atoms with E-state index in [4.69, 9.17) is 16.3 Å². The van der Waals surface area contributed by atoms with E-state index in [0.29, 0.717) is 28.7 Å². The number of nitrogens with zero attached hydrogens (tertiary/aromatic N) is 1. The van der Waals surface area contributed by atoms with Crippen molar-refractivity contribution in [2.24, 2.45) is 5.41 Å². The van der Waals surface area contributed by atoms with E-state index < -0.39 is 15.4 Å². The number of benzene rings is 2. The molecule has 0 radical (unpaired) electrons. The number of ether oxygens (including phenoxy) is 1.